The largest absolute Gasteiger partial charge is 0.451 e. The van der Waals surface area contributed by atoms with Crippen LogP contribution >= 0.6 is 0 Å². The molecule has 3 nitrogen and oxygen atoms in total. The lowest BCUT2D eigenvalue weighted by Gasteiger charge is -2.05. The number of amides is 1. The number of rotatable bonds is 4. The molecule has 0 unspecified atom stereocenters. The van der Waals surface area contributed by atoms with Crippen molar-refractivity contribution in [1.29, 1.82) is 0 Å². The number of carbonyl (C=O) groups is 1. The van der Waals surface area contributed by atoms with E-state index in [-0.39, 0.29) is 5.91 Å². The molecule has 1 heterocycles. The number of nitrogens with one attached hydrogen (secondary N) is 1. The highest BCUT2D eigenvalue weighted by molar-refractivity contribution is 5.99. The summed E-state index contributed by atoms with van der Waals surface area (Å²) in [5.41, 5.74) is 2.96. The Bertz CT molecular complexity index is 596. The Labute approximate surface area is 114 Å². The fourth-order valence-corrected chi connectivity index (χ4v) is 2.08. The van der Waals surface area contributed by atoms with Gasteiger partial charge >= 0.3 is 0 Å². The van der Waals surface area contributed by atoms with Crippen LogP contribution in [-0.2, 0) is 6.42 Å². The lowest BCUT2D eigenvalue weighted by atomic mass is 10.1. The Morgan fingerprint density at radius 2 is 2.11 bits per heavy atom. The molecule has 0 aliphatic rings. The summed E-state index contributed by atoms with van der Waals surface area (Å²) < 4.78 is 5.68. The van der Waals surface area contributed by atoms with Gasteiger partial charge in [0, 0.05) is 17.5 Å². The molecule has 3 heteroatoms. The number of carbonyl (C=O) groups excluding carboxylic acids is 1. The summed E-state index contributed by atoms with van der Waals surface area (Å²) in [7, 11) is 0. The van der Waals surface area contributed by atoms with Crippen molar-refractivity contribution in [1.82, 2.24) is 5.32 Å². The van der Waals surface area contributed by atoms with Gasteiger partial charge in [-0.05, 0) is 37.0 Å². The second kappa shape index (κ2) is 5.47. The van der Waals surface area contributed by atoms with Gasteiger partial charge in [-0.2, -0.15) is 0 Å². The smallest absolute Gasteiger partial charge is 0.287 e. The van der Waals surface area contributed by atoms with Gasteiger partial charge in [-0.25, -0.2) is 0 Å². The van der Waals surface area contributed by atoms with E-state index in [0.717, 1.165) is 23.0 Å². The van der Waals surface area contributed by atoms with Gasteiger partial charge in [-0.3, -0.25) is 4.79 Å². The van der Waals surface area contributed by atoms with Gasteiger partial charge in [-0.1, -0.05) is 26.8 Å². The third-order valence-electron chi connectivity index (χ3n) is 3.29. The fourth-order valence-electron chi connectivity index (χ4n) is 2.08. The first-order valence-electron chi connectivity index (χ1n) is 6.83. The fraction of sp³-hybridized carbons (Fsp3) is 0.438. The van der Waals surface area contributed by atoms with E-state index in [1.54, 1.807) is 0 Å². The number of aryl methyl sites for hydroxylation is 2. The number of hydrogen-bond acceptors (Lipinski definition) is 2. The monoisotopic (exact) mass is 259 g/mol. The van der Waals surface area contributed by atoms with Crippen molar-refractivity contribution < 1.29 is 9.21 Å². The summed E-state index contributed by atoms with van der Waals surface area (Å²) in [6.45, 7) is 8.86. The maximum absolute atomic E-state index is 12.1. The van der Waals surface area contributed by atoms with E-state index >= 15 is 0 Å². The standard InChI is InChI=1S/C16H21NO2/c1-5-12-6-7-14-13(8-12)11(4)15(19-14)16(18)17-9-10(2)3/h6-8,10H,5,9H2,1-4H3,(H,17,18). The molecule has 19 heavy (non-hydrogen) atoms. The van der Waals surface area contributed by atoms with E-state index in [1.165, 1.54) is 5.56 Å². The second-order valence-corrected chi connectivity index (χ2v) is 5.34. The van der Waals surface area contributed by atoms with E-state index < -0.39 is 0 Å². The van der Waals surface area contributed by atoms with Gasteiger partial charge in [0.05, 0.1) is 0 Å². The zero-order valence-electron chi connectivity index (χ0n) is 12.0. The molecule has 1 amide bonds. The van der Waals surface area contributed by atoms with Gasteiger partial charge in [0.2, 0.25) is 0 Å². The highest BCUT2D eigenvalue weighted by Gasteiger charge is 2.17. The minimum Gasteiger partial charge on any atom is -0.451 e. The molecule has 102 valence electrons. The van der Waals surface area contributed by atoms with E-state index in [9.17, 15) is 4.79 Å². The molecule has 1 aromatic carbocycles. The third kappa shape index (κ3) is 2.80. The first kappa shape index (κ1) is 13.7. The molecule has 0 saturated carbocycles. The summed E-state index contributed by atoms with van der Waals surface area (Å²) in [6, 6.07) is 6.09. The summed E-state index contributed by atoms with van der Waals surface area (Å²) in [6.07, 6.45) is 0.982. The molecule has 2 rings (SSSR count). The van der Waals surface area contributed by atoms with Crippen LogP contribution in [0.4, 0.5) is 0 Å². The van der Waals surface area contributed by atoms with E-state index in [0.29, 0.717) is 18.2 Å². The second-order valence-electron chi connectivity index (χ2n) is 5.34. The van der Waals surface area contributed by atoms with Crippen molar-refractivity contribution in [3.8, 4) is 0 Å². The topological polar surface area (TPSA) is 42.2 Å². The zero-order chi connectivity index (χ0) is 14.0. The summed E-state index contributed by atoms with van der Waals surface area (Å²) in [4.78, 5) is 12.1. The Morgan fingerprint density at radius 1 is 1.37 bits per heavy atom. The van der Waals surface area contributed by atoms with Gasteiger partial charge in [0.1, 0.15) is 5.58 Å². The predicted octanol–water partition coefficient (Wildman–Crippen LogP) is 3.69. The Morgan fingerprint density at radius 3 is 2.74 bits per heavy atom. The molecule has 0 fully saturated rings. The molecule has 0 radical (unpaired) electrons. The first-order valence-corrected chi connectivity index (χ1v) is 6.83. The molecule has 0 aliphatic heterocycles. The minimum atomic E-state index is -0.125. The lowest BCUT2D eigenvalue weighted by molar-refractivity contribution is 0.0922. The van der Waals surface area contributed by atoms with Gasteiger partial charge in [-0.15, -0.1) is 0 Å². The normalized spacial score (nSPS) is 11.2. The maximum Gasteiger partial charge on any atom is 0.287 e. The first-order chi connectivity index (χ1) is 9.02. The molecular formula is C16H21NO2. The van der Waals surface area contributed by atoms with Gasteiger partial charge in [0.15, 0.2) is 5.76 Å². The van der Waals surface area contributed by atoms with Crippen LogP contribution in [0.1, 0.15) is 42.5 Å². The molecule has 1 N–H and O–H groups in total. The van der Waals surface area contributed by atoms with E-state index in [1.807, 2.05) is 19.1 Å². The van der Waals surface area contributed by atoms with Crippen LogP contribution < -0.4 is 5.32 Å². The Balaban J connectivity index is 2.34. The number of hydrogen-bond donors (Lipinski definition) is 1. The van der Waals surface area contributed by atoms with Crippen LogP contribution in [0.15, 0.2) is 22.6 Å². The van der Waals surface area contributed by atoms with Crippen molar-refractivity contribution in [2.75, 3.05) is 6.54 Å². The number of furan rings is 1. The maximum atomic E-state index is 12.1. The van der Waals surface area contributed by atoms with Crippen molar-refractivity contribution in [2.45, 2.75) is 34.1 Å². The molecule has 0 aliphatic carbocycles. The predicted molar refractivity (Wildman–Crippen MR) is 77.5 cm³/mol. The quantitative estimate of drug-likeness (QED) is 0.909. The molecule has 0 saturated heterocycles. The summed E-state index contributed by atoms with van der Waals surface area (Å²) in [5.74, 6) is 0.740. The molecule has 1 aromatic heterocycles. The molecule has 0 bridgehead atoms. The van der Waals surface area contributed by atoms with Crippen molar-refractivity contribution in [3.05, 3.63) is 35.1 Å². The van der Waals surface area contributed by atoms with Crippen molar-refractivity contribution in [3.63, 3.8) is 0 Å². The Hall–Kier alpha value is -1.77. The average molecular weight is 259 g/mol. The lowest BCUT2D eigenvalue weighted by Crippen LogP contribution is -2.27. The molecule has 2 aromatic rings. The van der Waals surface area contributed by atoms with Gasteiger partial charge < -0.3 is 9.73 Å². The van der Waals surface area contributed by atoms with Gasteiger partial charge in [0.25, 0.3) is 5.91 Å². The Kier molecular flexibility index (Phi) is 3.93. The summed E-state index contributed by atoms with van der Waals surface area (Å²) in [5, 5.41) is 3.93. The SMILES string of the molecule is CCc1ccc2oc(C(=O)NCC(C)C)c(C)c2c1. The van der Waals surface area contributed by atoms with Crippen molar-refractivity contribution in [2.24, 2.45) is 5.92 Å². The van der Waals surface area contributed by atoms with Crippen molar-refractivity contribution >= 4 is 16.9 Å². The number of fused-ring (bicyclic) bond motifs is 1. The highest BCUT2D eigenvalue weighted by atomic mass is 16.3. The highest BCUT2D eigenvalue weighted by Crippen LogP contribution is 2.26. The van der Waals surface area contributed by atoms with E-state index in [4.69, 9.17) is 4.42 Å². The van der Waals surface area contributed by atoms with Crippen LogP contribution in [0.3, 0.4) is 0 Å². The number of benzene rings is 1. The van der Waals surface area contributed by atoms with E-state index in [2.05, 4.69) is 32.2 Å². The van der Waals surface area contributed by atoms with Crippen LogP contribution in [0.2, 0.25) is 0 Å². The molecule has 0 atom stereocenters. The summed E-state index contributed by atoms with van der Waals surface area (Å²) >= 11 is 0. The van der Waals surface area contributed by atoms with Crippen LogP contribution in [0, 0.1) is 12.8 Å². The molecule has 0 spiro atoms. The third-order valence-corrected chi connectivity index (χ3v) is 3.29. The van der Waals surface area contributed by atoms with Crippen LogP contribution in [-0.4, -0.2) is 12.5 Å². The zero-order valence-corrected chi connectivity index (χ0v) is 12.0. The van der Waals surface area contributed by atoms with Crippen LogP contribution in [0.25, 0.3) is 11.0 Å². The average Bonchev–Trinajstić information content (AvgIpc) is 2.73. The minimum absolute atomic E-state index is 0.125. The molecular weight excluding hydrogens is 238 g/mol. The van der Waals surface area contributed by atoms with Crippen LogP contribution in [0.5, 0.6) is 0 Å².